The number of carbonyl (C=O) groups is 1. The number of ether oxygens (including phenoxy) is 1. The molecule has 1 amide bonds. The first-order valence-corrected chi connectivity index (χ1v) is 7.26. The summed E-state index contributed by atoms with van der Waals surface area (Å²) in [6.07, 6.45) is 2.68. The summed E-state index contributed by atoms with van der Waals surface area (Å²) >= 11 is 6.09. The van der Waals surface area contributed by atoms with E-state index in [4.69, 9.17) is 22.1 Å². The molecular formula is C15H16ClN3O2. The number of halogens is 1. The number of amides is 1. The van der Waals surface area contributed by atoms with Gasteiger partial charge >= 0.3 is 0 Å². The maximum Gasteiger partial charge on any atom is 0.253 e. The van der Waals surface area contributed by atoms with Gasteiger partial charge in [-0.3, -0.25) is 9.78 Å². The van der Waals surface area contributed by atoms with Crippen molar-refractivity contribution in [2.24, 2.45) is 5.73 Å². The van der Waals surface area contributed by atoms with Crippen molar-refractivity contribution in [3.05, 3.63) is 35.5 Å². The standard InChI is InChI=1S/C15H16ClN3O2/c16-10-6-9-2-1-5-18-14(9)12(7-10)19-15(20)13-4-3-11(8-17)21-13/h1-2,5-7,11,13H,3-4,8,17H2,(H,19,20). The van der Waals surface area contributed by atoms with E-state index in [1.807, 2.05) is 18.2 Å². The Morgan fingerprint density at radius 2 is 2.33 bits per heavy atom. The molecule has 110 valence electrons. The largest absolute Gasteiger partial charge is 0.364 e. The van der Waals surface area contributed by atoms with Gasteiger partial charge in [0.05, 0.1) is 17.3 Å². The van der Waals surface area contributed by atoms with Gasteiger partial charge in [0.1, 0.15) is 6.10 Å². The molecule has 0 spiro atoms. The number of benzene rings is 1. The van der Waals surface area contributed by atoms with E-state index in [9.17, 15) is 4.79 Å². The van der Waals surface area contributed by atoms with Crippen LogP contribution in [0.15, 0.2) is 30.5 Å². The minimum absolute atomic E-state index is 0.0324. The fourth-order valence-electron chi connectivity index (χ4n) is 2.54. The van der Waals surface area contributed by atoms with Crippen LogP contribution in [0.3, 0.4) is 0 Å². The molecule has 2 unspecified atom stereocenters. The van der Waals surface area contributed by atoms with Crippen LogP contribution in [0, 0.1) is 0 Å². The number of nitrogens with one attached hydrogen (secondary N) is 1. The molecule has 21 heavy (non-hydrogen) atoms. The third-order valence-corrected chi connectivity index (χ3v) is 3.81. The summed E-state index contributed by atoms with van der Waals surface area (Å²) in [5.74, 6) is -0.180. The fraction of sp³-hybridized carbons (Fsp3) is 0.333. The summed E-state index contributed by atoms with van der Waals surface area (Å²) in [5, 5.41) is 4.30. The molecule has 0 bridgehead atoms. The molecule has 1 fully saturated rings. The highest BCUT2D eigenvalue weighted by atomic mass is 35.5. The summed E-state index contributed by atoms with van der Waals surface area (Å²) in [7, 11) is 0. The zero-order chi connectivity index (χ0) is 14.8. The summed E-state index contributed by atoms with van der Waals surface area (Å²) in [4.78, 5) is 16.6. The van der Waals surface area contributed by atoms with E-state index in [0.29, 0.717) is 29.2 Å². The normalized spacial score (nSPS) is 21.6. The second kappa shape index (κ2) is 5.97. The number of hydrogen-bond donors (Lipinski definition) is 2. The van der Waals surface area contributed by atoms with Crippen molar-refractivity contribution in [2.75, 3.05) is 11.9 Å². The van der Waals surface area contributed by atoms with E-state index in [0.717, 1.165) is 11.8 Å². The number of anilines is 1. The van der Waals surface area contributed by atoms with Crippen LogP contribution < -0.4 is 11.1 Å². The highest BCUT2D eigenvalue weighted by molar-refractivity contribution is 6.32. The summed E-state index contributed by atoms with van der Waals surface area (Å²) in [5.41, 5.74) is 6.87. The van der Waals surface area contributed by atoms with Crippen LogP contribution in [0.25, 0.3) is 10.9 Å². The van der Waals surface area contributed by atoms with Crippen LogP contribution in [0.2, 0.25) is 5.02 Å². The lowest BCUT2D eigenvalue weighted by Crippen LogP contribution is -2.29. The van der Waals surface area contributed by atoms with E-state index >= 15 is 0 Å². The molecule has 1 aromatic carbocycles. The van der Waals surface area contributed by atoms with Gasteiger partial charge in [-0.15, -0.1) is 0 Å². The van der Waals surface area contributed by atoms with Crippen molar-refractivity contribution in [1.82, 2.24) is 4.98 Å². The van der Waals surface area contributed by atoms with Gasteiger partial charge in [-0.1, -0.05) is 17.7 Å². The molecule has 3 rings (SSSR count). The van der Waals surface area contributed by atoms with Gasteiger partial charge in [-0.05, 0) is 31.0 Å². The Labute approximate surface area is 127 Å². The monoisotopic (exact) mass is 305 g/mol. The maximum absolute atomic E-state index is 12.3. The average molecular weight is 306 g/mol. The van der Waals surface area contributed by atoms with Crippen LogP contribution in [0.1, 0.15) is 12.8 Å². The molecule has 2 atom stereocenters. The Morgan fingerprint density at radius 3 is 3.10 bits per heavy atom. The minimum Gasteiger partial charge on any atom is -0.364 e. The number of nitrogens with zero attached hydrogens (tertiary/aromatic N) is 1. The average Bonchev–Trinajstić information content (AvgIpc) is 2.96. The number of fused-ring (bicyclic) bond motifs is 1. The number of hydrogen-bond acceptors (Lipinski definition) is 4. The number of nitrogens with two attached hydrogens (primary N) is 1. The highest BCUT2D eigenvalue weighted by Crippen LogP contribution is 2.27. The first-order chi connectivity index (χ1) is 10.2. The number of pyridine rings is 1. The van der Waals surface area contributed by atoms with Crippen molar-refractivity contribution in [1.29, 1.82) is 0 Å². The van der Waals surface area contributed by atoms with Gasteiger partial charge in [0.2, 0.25) is 0 Å². The minimum atomic E-state index is -0.462. The molecular weight excluding hydrogens is 290 g/mol. The molecule has 0 radical (unpaired) electrons. The van der Waals surface area contributed by atoms with Crippen LogP contribution in [-0.2, 0) is 9.53 Å². The summed E-state index contributed by atoms with van der Waals surface area (Å²) in [6.45, 7) is 0.436. The molecule has 1 saturated heterocycles. The number of rotatable bonds is 3. The fourth-order valence-corrected chi connectivity index (χ4v) is 2.76. The maximum atomic E-state index is 12.3. The predicted molar refractivity (Wildman–Crippen MR) is 82.3 cm³/mol. The van der Waals surface area contributed by atoms with Crippen LogP contribution in [-0.4, -0.2) is 29.6 Å². The third kappa shape index (κ3) is 3.00. The van der Waals surface area contributed by atoms with Crippen LogP contribution >= 0.6 is 11.6 Å². The van der Waals surface area contributed by atoms with Gasteiger partial charge < -0.3 is 15.8 Å². The second-order valence-electron chi connectivity index (χ2n) is 5.08. The second-order valence-corrected chi connectivity index (χ2v) is 5.51. The lowest BCUT2D eigenvalue weighted by molar-refractivity contribution is -0.126. The molecule has 1 aliphatic rings. The van der Waals surface area contributed by atoms with Gasteiger partial charge in [0.25, 0.3) is 5.91 Å². The Bertz CT molecular complexity index is 677. The Kier molecular flexibility index (Phi) is 4.05. The predicted octanol–water partition coefficient (Wildman–Crippen LogP) is 2.33. The first-order valence-electron chi connectivity index (χ1n) is 6.88. The third-order valence-electron chi connectivity index (χ3n) is 3.59. The Morgan fingerprint density at radius 1 is 1.48 bits per heavy atom. The van der Waals surface area contributed by atoms with Gasteiger partial charge in [0, 0.05) is 23.2 Å². The number of aromatic nitrogens is 1. The van der Waals surface area contributed by atoms with Crippen molar-refractivity contribution in [3.63, 3.8) is 0 Å². The summed E-state index contributed by atoms with van der Waals surface area (Å²) in [6, 6.07) is 7.25. The molecule has 1 aliphatic heterocycles. The molecule has 1 aromatic heterocycles. The number of carbonyl (C=O) groups excluding carboxylic acids is 1. The van der Waals surface area contributed by atoms with E-state index in [-0.39, 0.29) is 12.0 Å². The highest BCUT2D eigenvalue weighted by Gasteiger charge is 2.30. The molecule has 5 nitrogen and oxygen atoms in total. The molecule has 6 heteroatoms. The quantitative estimate of drug-likeness (QED) is 0.912. The van der Waals surface area contributed by atoms with E-state index in [2.05, 4.69) is 10.3 Å². The smallest absolute Gasteiger partial charge is 0.253 e. The van der Waals surface area contributed by atoms with Crippen molar-refractivity contribution < 1.29 is 9.53 Å². The van der Waals surface area contributed by atoms with Crippen molar-refractivity contribution in [3.8, 4) is 0 Å². The van der Waals surface area contributed by atoms with Crippen LogP contribution in [0.4, 0.5) is 5.69 Å². The summed E-state index contributed by atoms with van der Waals surface area (Å²) < 4.78 is 5.60. The first kappa shape index (κ1) is 14.3. The molecule has 3 N–H and O–H groups in total. The van der Waals surface area contributed by atoms with Crippen molar-refractivity contribution in [2.45, 2.75) is 25.0 Å². The van der Waals surface area contributed by atoms with Gasteiger partial charge in [-0.25, -0.2) is 0 Å². The van der Waals surface area contributed by atoms with Gasteiger partial charge in [-0.2, -0.15) is 0 Å². The zero-order valence-electron chi connectivity index (χ0n) is 11.4. The Balaban J connectivity index is 1.83. The zero-order valence-corrected chi connectivity index (χ0v) is 12.1. The Hall–Kier alpha value is -1.69. The molecule has 2 aromatic rings. The van der Waals surface area contributed by atoms with Crippen molar-refractivity contribution >= 4 is 34.1 Å². The lowest BCUT2D eigenvalue weighted by Gasteiger charge is -2.14. The topological polar surface area (TPSA) is 77.2 Å². The molecule has 0 aliphatic carbocycles. The SMILES string of the molecule is NCC1CCC(C(=O)Nc2cc(Cl)cc3cccnc23)O1. The van der Waals surface area contributed by atoms with Gasteiger partial charge in [0.15, 0.2) is 0 Å². The van der Waals surface area contributed by atoms with E-state index in [1.54, 1.807) is 12.3 Å². The molecule has 2 heterocycles. The van der Waals surface area contributed by atoms with E-state index in [1.165, 1.54) is 0 Å². The van der Waals surface area contributed by atoms with E-state index < -0.39 is 6.10 Å². The van der Waals surface area contributed by atoms with Crippen LogP contribution in [0.5, 0.6) is 0 Å². The lowest BCUT2D eigenvalue weighted by atomic mass is 10.1. The molecule has 0 saturated carbocycles.